The van der Waals surface area contributed by atoms with Gasteiger partial charge in [-0.05, 0) is 63.1 Å². The number of esters is 1. The summed E-state index contributed by atoms with van der Waals surface area (Å²) in [5.74, 6) is -1.49. The Kier molecular flexibility index (Phi) is 7.91. The molecule has 160 valence electrons. The van der Waals surface area contributed by atoms with Crippen molar-refractivity contribution in [3.05, 3.63) is 65.5 Å². The van der Waals surface area contributed by atoms with Crippen LogP contribution < -0.4 is 10.6 Å². The summed E-state index contributed by atoms with van der Waals surface area (Å²) in [6.07, 6.45) is -0.275. The fourth-order valence-corrected chi connectivity index (χ4v) is 2.41. The van der Waals surface area contributed by atoms with Crippen LogP contribution in [0.2, 0.25) is 0 Å². The molecule has 0 aliphatic heterocycles. The number of halogens is 1. The average Bonchev–Trinajstić information content (AvgIpc) is 2.66. The van der Waals surface area contributed by atoms with E-state index in [9.17, 15) is 18.8 Å². The van der Waals surface area contributed by atoms with Gasteiger partial charge in [-0.2, -0.15) is 0 Å². The van der Waals surface area contributed by atoms with Crippen LogP contribution >= 0.6 is 0 Å². The molecule has 0 heterocycles. The van der Waals surface area contributed by atoms with Crippen LogP contribution in [0.25, 0.3) is 0 Å². The lowest BCUT2D eigenvalue weighted by molar-refractivity contribution is -0.124. The monoisotopic (exact) mass is 416 g/mol. The van der Waals surface area contributed by atoms with Crippen molar-refractivity contribution in [1.82, 2.24) is 5.32 Å². The second-order valence-corrected chi connectivity index (χ2v) is 7.47. The minimum atomic E-state index is -0.678. The third-order valence-electron chi connectivity index (χ3n) is 3.77. The Morgan fingerprint density at radius 1 is 1.00 bits per heavy atom. The zero-order valence-electron chi connectivity index (χ0n) is 17.2. The number of amides is 2. The molecule has 8 heteroatoms. The molecule has 0 fully saturated rings. The summed E-state index contributed by atoms with van der Waals surface area (Å²) in [6, 6.07) is 12.3. The van der Waals surface area contributed by atoms with Gasteiger partial charge in [0.25, 0.3) is 5.91 Å². The Hall–Kier alpha value is -3.42. The Balaban J connectivity index is 1.74. The third kappa shape index (κ3) is 7.90. The smallest absolute Gasteiger partial charge is 0.412 e. The molecule has 0 bridgehead atoms. The van der Waals surface area contributed by atoms with Gasteiger partial charge in [0.2, 0.25) is 0 Å². The SMILES string of the molecule is CC(C)(C)OC(=O)Nc1ccc(C(=O)OCC(=O)NCCc2ccccc2F)cc1. The molecule has 2 N–H and O–H groups in total. The number of hydrogen-bond donors (Lipinski definition) is 2. The topological polar surface area (TPSA) is 93.7 Å². The van der Waals surface area contributed by atoms with Crippen LogP contribution in [0, 0.1) is 5.82 Å². The van der Waals surface area contributed by atoms with Crippen molar-refractivity contribution in [3.63, 3.8) is 0 Å². The first-order valence-electron chi connectivity index (χ1n) is 9.41. The number of carbonyl (C=O) groups is 3. The summed E-state index contributed by atoms with van der Waals surface area (Å²) in [5.41, 5.74) is 0.550. The van der Waals surface area contributed by atoms with E-state index in [0.717, 1.165) is 0 Å². The minimum absolute atomic E-state index is 0.225. The zero-order valence-corrected chi connectivity index (χ0v) is 17.2. The highest BCUT2D eigenvalue weighted by atomic mass is 19.1. The second-order valence-electron chi connectivity index (χ2n) is 7.47. The molecule has 0 aromatic heterocycles. The molecule has 2 aromatic rings. The first-order valence-corrected chi connectivity index (χ1v) is 9.41. The Bertz CT molecular complexity index is 891. The molecule has 0 unspecified atom stereocenters. The van der Waals surface area contributed by atoms with E-state index in [4.69, 9.17) is 9.47 Å². The van der Waals surface area contributed by atoms with E-state index >= 15 is 0 Å². The summed E-state index contributed by atoms with van der Waals surface area (Å²) >= 11 is 0. The van der Waals surface area contributed by atoms with E-state index < -0.39 is 30.2 Å². The molecule has 0 spiro atoms. The molecule has 7 nitrogen and oxygen atoms in total. The predicted molar refractivity (Wildman–Crippen MR) is 110 cm³/mol. The molecule has 2 amide bonds. The molecular weight excluding hydrogens is 391 g/mol. The van der Waals surface area contributed by atoms with Gasteiger partial charge in [-0.25, -0.2) is 14.0 Å². The van der Waals surface area contributed by atoms with E-state index in [1.54, 1.807) is 39.0 Å². The van der Waals surface area contributed by atoms with Crippen molar-refractivity contribution in [3.8, 4) is 0 Å². The first kappa shape index (κ1) is 22.9. The number of ether oxygens (including phenoxy) is 2. The molecule has 0 atom stereocenters. The van der Waals surface area contributed by atoms with Gasteiger partial charge in [0.15, 0.2) is 6.61 Å². The maximum absolute atomic E-state index is 13.5. The first-order chi connectivity index (χ1) is 14.1. The highest BCUT2D eigenvalue weighted by Gasteiger charge is 2.16. The average molecular weight is 416 g/mol. The van der Waals surface area contributed by atoms with Crippen LogP contribution in [0.5, 0.6) is 0 Å². The number of hydrogen-bond acceptors (Lipinski definition) is 5. The molecule has 2 rings (SSSR count). The van der Waals surface area contributed by atoms with E-state index in [0.29, 0.717) is 17.7 Å². The number of carbonyl (C=O) groups excluding carboxylic acids is 3. The third-order valence-corrected chi connectivity index (χ3v) is 3.77. The van der Waals surface area contributed by atoms with Gasteiger partial charge in [-0.3, -0.25) is 10.1 Å². The normalized spacial score (nSPS) is 10.8. The van der Waals surface area contributed by atoms with Crippen LogP contribution in [-0.4, -0.2) is 36.7 Å². The Labute approximate surface area is 174 Å². The van der Waals surface area contributed by atoms with E-state index in [-0.39, 0.29) is 17.9 Å². The van der Waals surface area contributed by atoms with Crippen LogP contribution in [0.4, 0.5) is 14.9 Å². The lowest BCUT2D eigenvalue weighted by atomic mass is 10.1. The van der Waals surface area contributed by atoms with Crippen LogP contribution in [0.15, 0.2) is 48.5 Å². The quantitative estimate of drug-likeness (QED) is 0.672. The van der Waals surface area contributed by atoms with E-state index in [1.165, 1.54) is 30.3 Å². The van der Waals surface area contributed by atoms with Crippen molar-refractivity contribution in [2.75, 3.05) is 18.5 Å². The Morgan fingerprint density at radius 3 is 2.30 bits per heavy atom. The highest BCUT2D eigenvalue weighted by molar-refractivity contribution is 5.92. The summed E-state index contributed by atoms with van der Waals surface area (Å²) < 4.78 is 23.6. The van der Waals surface area contributed by atoms with Crippen molar-refractivity contribution in [2.24, 2.45) is 0 Å². The van der Waals surface area contributed by atoms with Crippen molar-refractivity contribution in [2.45, 2.75) is 32.8 Å². The summed E-state index contributed by atoms with van der Waals surface area (Å²) in [4.78, 5) is 35.6. The fourth-order valence-electron chi connectivity index (χ4n) is 2.41. The molecular formula is C22H25FN2O5. The van der Waals surface area contributed by atoms with Crippen molar-refractivity contribution in [1.29, 1.82) is 0 Å². The number of benzene rings is 2. The van der Waals surface area contributed by atoms with Crippen LogP contribution in [0.1, 0.15) is 36.7 Å². The standard InChI is InChI=1S/C22H25FN2O5/c1-22(2,3)30-21(28)25-17-10-8-16(9-11-17)20(27)29-14-19(26)24-13-12-15-6-4-5-7-18(15)23/h4-11H,12-14H2,1-3H3,(H,24,26)(H,25,28). The van der Waals surface area contributed by atoms with Gasteiger partial charge in [-0.1, -0.05) is 18.2 Å². The maximum Gasteiger partial charge on any atom is 0.412 e. The lowest BCUT2D eigenvalue weighted by Gasteiger charge is -2.19. The van der Waals surface area contributed by atoms with Gasteiger partial charge in [0.1, 0.15) is 11.4 Å². The van der Waals surface area contributed by atoms with Crippen molar-refractivity contribution < 1.29 is 28.2 Å². The molecule has 0 aliphatic carbocycles. The van der Waals surface area contributed by atoms with E-state index in [1.807, 2.05) is 0 Å². The van der Waals surface area contributed by atoms with Gasteiger partial charge < -0.3 is 14.8 Å². The molecule has 2 aromatic carbocycles. The zero-order chi connectivity index (χ0) is 22.1. The van der Waals surface area contributed by atoms with Gasteiger partial charge in [0, 0.05) is 12.2 Å². The summed E-state index contributed by atoms with van der Waals surface area (Å²) in [7, 11) is 0. The molecule has 0 saturated carbocycles. The largest absolute Gasteiger partial charge is 0.452 e. The van der Waals surface area contributed by atoms with Crippen molar-refractivity contribution >= 4 is 23.7 Å². The van der Waals surface area contributed by atoms with Crippen LogP contribution in [-0.2, 0) is 20.7 Å². The van der Waals surface area contributed by atoms with Gasteiger partial charge in [-0.15, -0.1) is 0 Å². The fraction of sp³-hybridized carbons (Fsp3) is 0.318. The molecule has 0 saturated heterocycles. The van der Waals surface area contributed by atoms with Crippen LogP contribution in [0.3, 0.4) is 0 Å². The number of nitrogens with one attached hydrogen (secondary N) is 2. The maximum atomic E-state index is 13.5. The summed E-state index contributed by atoms with van der Waals surface area (Å²) in [5, 5.41) is 5.12. The highest BCUT2D eigenvalue weighted by Crippen LogP contribution is 2.13. The summed E-state index contributed by atoms with van der Waals surface area (Å²) in [6.45, 7) is 5.03. The molecule has 30 heavy (non-hydrogen) atoms. The molecule has 0 aliphatic rings. The Morgan fingerprint density at radius 2 is 1.67 bits per heavy atom. The lowest BCUT2D eigenvalue weighted by Crippen LogP contribution is -2.30. The molecule has 0 radical (unpaired) electrons. The van der Waals surface area contributed by atoms with Gasteiger partial charge >= 0.3 is 12.1 Å². The second kappa shape index (κ2) is 10.4. The van der Waals surface area contributed by atoms with Gasteiger partial charge in [0.05, 0.1) is 5.56 Å². The van der Waals surface area contributed by atoms with E-state index in [2.05, 4.69) is 10.6 Å². The predicted octanol–water partition coefficient (Wildman–Crippen LogP) is 3.69. The minimum Gasteiger partial charge on any atom is -0.452 e. The number of anilines is 1. The number of rotatable bonds is 7.